The fourth-order valence-corrected chi connectivity index (χ4v) is 0.732. The second kappa shape index (κ2) is 8.27. The number of hydrogen-bond acceptors (Lipinski definition) is 2. The summed E-state index contributed by atoms with van der Waals surface area (Å²) in [5.74, 6) is 0. The van der Waals surface area contributed by atoms with Crippen molar-refractivity contribution in [3.05, 3.63) is 0 Å². The summed E-state index contributed by atoms with van der Waals surface area (Å²) in [5, 5.41) is -0.0770. The van der Waals surface area contributed by atoms with Crippen LogP contribution in [0.15, 0.2) is 0 Å². The van der Waals surface area contributed by atoms with Gasteiger partial charge in [0.05, 0.1) is 0 Å². The Morgan fingerprint density at radius 3 is 2.44 bits per heavy atom. The van der Waals surface area contributed by atoms with Gasteiger partial charge in [0.15, 0.2) is 5.41 Å². The van der Waals surface area contributed by atoms with Crippen molar-refractivity contribution >= 4 is 14.8 Å². The van der Waals surface area contributed by atoms with Gasteiger partial charge < -0.3 is 4.46 Å². The number of rotatable bonds is 4. The van der Waals surface area contributed by atoms with Gasteiger partial charge in [0.1, 0.15) is 0 Å². The Morgan fingerprint density at radius 2 is 2.11 bits per heavy atom. The summed E-state index contributed by atoms with van der Waals surface area (Å²) >= 11 is 0. The van der Waals surface area contributed by atoms with Crippen LogP contribution in [-0.2, 0) is 27.8 Å². The molecule has 0 fully saturated rings. The van der Waals surface area contributed by atoms with Crippen LogP contribution < -0.4 is 0 Å². The molecule has 9 heavy (non-hydrogen) atoms. The Labute approximate surface area is 69.2 Å². The van der Waals surface area contributed by atoms with E-state index in [0.717, 1.165) is 12.8 Å². The first-order valence-corrected chi connectivity index (χ1v) is 3.84. The van der Waals surface area contributed by atoms with Gasteiger partial charge in [-0.15, -0.1) is 0 Å². The molecule has 0 spiro atoms. The van der Waals surface area contributed by atoms with E-state index in [0.29, 0.717) is 6.42 Å². The first-order chi connectivity index (χ1) is 3.81. The van der Waals surface area contributed by atoms with E-state index >= 15 is 0 Å². The van der Waals surface area contributed by atoms with Crippen LogP contribution in [0.25, 0.3) is 0 Å². The molecule has 0 amide bonds. The monoisotopic (exact) mass is 181 g/mol. The maximum Gasteiger partial charge on any atom is 0.335 e. The standard InChI is InChI=1S/C5H10O2Si.V/c1-2-3-4-5(6)8-7;/h8H,2-4H2,1H3;. The maximum atomic E-state index is 10.3. The Bertz CT molecular complexity index is 95.0. The van der Waals surface area contributed by atoms with Crippen molar-refractivity contribution in [2.75, 3.05) is 0 Å². The van der Waals surface area contributed by atoms with Gasteiger partial charge in [-0.3, -0.25) is 4.79 Å². The zero-order chi connectivity index (χ0) is 6.41. The van der Waals surface area contributed by atoms with Gasteiger partial charge in [0.2, 0.25) is 0 Å². The molecule has 0 atom stereocenters. The topological polar surface area (TPSA) is 34.1 Å². The Morgan fingerprint density at radius 1 is 1.56 bits per heavy atom. The van der Waals surface area contributed by atoms with Crippen LogP contribution in [0.5, 0.6) is 0 Å². The molecule has 0 aliphatic heterocycles. The summed E-state index contributed by atoms with van der Waals surface area (Å²) in [4.78, 5) is 10.3. The number of carbonyl (C=O) groups is 1. The Hall–Kier alpha value is 0.271. The molecule has 0 unspecified atom stereocenters. The third kappa shape index (κ3) is 8.27. The third-order valence-corrected chi connectivity index (χ3v) is 1.46. The van der Waals surface area contributed by atoms with Crippen LogP contribution >= 0.6 is 0 Å². The van der Waals surface area contributed by atoms with Gasteiger partial charge in [-0.2, -0.15) is 0 Å². The molecule has 0 heterocycles. The Balaban J connectivity index is 0. The molecule has 0 saturated heterocycles. The van der Waals surface area contributed by atoms with E-state index in [1.807, 2.05) is 6.92 Å². The van der Waals surface area contributed by atoms with E-state index in [1.54, 1.807) is 0 Å². The van der Waals surface area contributed by atoms with Crippen LogP contribution in [0.2, 0.25) is 0 Å². The maximum absolute atomic E-state index is 10.3. The fourth-order valence-electron chi connectivity index (χ4n) is 0.410. The van der Waals surface area contributed by atoms with Crippen LogP contribution in [0.1, 0.15) is 26.2 Å². The molecule has 2 nitrogen and oxygen atoms in total. The molecule has 0 bridgehead atoms. The minimum absolute atomic E-state index is 0. The molecule has 0 aliphatic rings. The predicted molar refractivity (Wildman–Crippen MR) is 32.4 cm³/mol. The van der Waals surface area contributed by atoms with E-state index in [1.165, 1.54) is 0 Å². The van der Waals surface area contributed by atoms with Crippen LogP contribution in [-0.4, -0.2) is 14.8 Å². The molecule has 0 N–H and O–H groups in total. The van der Waals surface area contributed by atoms with Crippen LogP contribution in [0.4, 0.5) is 0 Å². The Kier molecular flexibility index (Phi) is 11.0. The summed E-state index contributed by atoms with van der Waals surface area (Å²) in [5.41, 5.74) is 0. The molecule has 0 rings (SSSR count). The summed E-state index contributed by atoms with van der Waals surface area (Å²) in [6.07, 6.45) is 2.40. The number of unbranched alkanes of at least 4 members (excludes halogenated alkanes) is 1. The second-order valence-corrected chi connectivity index (χ2v) is 2.57. The number of carbonyl (C=O) groups excluding carboxylic acids is 1. The third-order valence-electron chi connectivity index (χ3n) is 0.908. The normalized spacial score (nSPS) is 7.67. The zero-order valence-corrected chi connectivity index (χ0v) is 8.01. The van der Waals surface area contributed by atoms with Gasteiger partial charge in [-0.25, -0.2) is 0 Å². The van der Waals surface area contributed by atoms with E-state index in [9.17, 15) is 9.26 Å². The summed E-state index contributed by atoms with van der Waals surface area (Å²) in [7, 11) is -1.16. The van der Waals surface area contributed by atoms with E-state index in [-0.39, 0.29) is 24.0 Å². The predicted octanol–water partition coefficient (Wildman–Crippen LogP) is 0.483. The quantitative estimate of drug-likeness (QED) is 0.591. The first kappa shape index (κ1) is 12.0. The summed E-state index contributed by atoms with van der Waals surface area (Å²) in [6.45, 7) is 2.01. The van der Waals surface area contributed by atoms with Crippen LogP contribution in [0, 0.1) is 0 Å². The summed E-state index contributed by atoms with van der Waals surface area (Å²) in [6, 6.07) is 0. The molecule has 0 aromatic carbocycles. The molecule has 0 aromatic heterocycles. The molecule has 0 saturated carbocycles. The van der Waals surface area contributed by atoms with Crippen molar-refractivity contribution in [3.63, 3.8) is 0 Å². The van der Waals surface area contributed by atoms with E-state index in [2.05, 4.69) is 0 Å². The minimum Gasteiger partial charge on any atom is -0.383 e. The molecular formula is C5H10O2SiV. The van der Waals surface area contributed by atoms with Crippen molar-refractivity contribution in [2.24, 2.45) is 0 Å². The first-order valence-electron chi connectivity index (χ1n) is 2.79. The van der Waals surface area contributed by atoms with Gasteiger partial charge in [0, 0.05) is 25.0 Å². The molecule has 51 valence electrons. The van der Waals surface area contributed by atoms with Crippen molar-refractivity contribution in [1.82, 2.24) is 0 Å². The zero-order valence-electron chi connectivity index (χ0n) is 5.46. The summed E-state index contributed by atoms with van der Waals surface area (Å²) < 4.78 is 9.87. The molecule has 4 heteroatoms. The average Bonchev–Trinajstić information content (AvgIpc) is 1.83. The smallest absolute Gasteiger partial charge is 0.335 e. The van der Waals surface area contributed by atoms with Gasteiger partial charge >= 0.3 is 9.41 Å². The molecule has 0 aliphatic carbocycles. The van der Waals surface area contributed by atoms with Gasteiger partial charge in [0.25, 0.3) is 0 Å². The minimum atomic E-state index is -1.16. The van der Waals surface area contributed by atoms with Gasteiger partial charge in [-0.1, -0.05) is 13.3 Å². The van der Waals surface area contributed by atoms with Crippen molar-refractivity contribution in [1.29, 1.82) is 0 Å². The van der Waals surface area contributed by atoms with E-state index in [4.69, 9.17) is 0 Å². The molecular weight excluding hydrogens is 171 g/mol. The molecule has 1 radical (unpaired) electrons. The number of hydrogen-bond donors (Lipinski definition) is 0. The van der Waals surface area contributed by atoms with Crippen LogP contribution in [0.3, 0.4) is 0 Å². The SMILES string of the molecule is CCCCC(=O)[SiH]=O.[V]. The molecule has 0 aromatic rings. The fraction of sp³-hybridized carbons (Fsp3) is 0.800. The van der Waals surface area contributed by atoms with Crippen molar-refractivity contribution < 1.29 is 27.8 Å². The second-order valence-electron chi connectivity index (χ2n) is 1.69. The van der Waals surface area contributed by atoms with Crippen molar-refractivity contribution in [2.45, 2.75) is 26.2 Å². The largest absolute Gasteiger partial charge is 0.383 e. The van der Waals surface area contributed by atoms with E-state index < -0.39 is 9.41 Å². The average molecular weight is 181 g/mol. The van der Waals surface area contributed by atoms with Gasteiger partial charge in [-0.05, 0) is 6.42 Å². The van der Waals surface area contributed by atoms with Crippen molar-refractivity contribution in [3.8, 4) is 0 Å².